The van der Waals surface area contributed by atoms with Crippen LogP contribution in [0, 0.1) is 19.7 Å². The van der Waals surface area contributed by atoms with E-state index in [1.165, 1.54) is 22.9 Å². The summed E-state index contributed by atoms with van der Waals surface area (Å²) in [4.78, 5) is 12.0. The molecule has 0 aliphatic heterocycles. The molecule has 0 unspecified atom stereocenters. The highest BCUT2D eigenvalue weighted by molar-refractivity contribution is 7.99. The molecule has 0 radical (unpaired) electrons. The normalized spacial score (nSPS) is 10.7. The van der Waals surface area contributed by atoms with Crippen molar-refractivity contribution in [1.82, 2.24) is 14.9 Å². The van der Waals surface area contributed by atoms with Crippen LogP contribution in [0.15, 0.2) is 47.6 Å². The largest absolute Gasteiger partial charge is 0.485 e. The summed E-state index contributed by atoms with van der Waals surface area (Å²) in [6, 6.07) is 11.6. The Bertz CT molecular complexity index is 992. The SMILES string of the molecule is Cc1ccc(OCc2nnc(SCC(=O)Nc3cccc(F)c3)n2N)c(C)c1. The third-order valence-corrected chi connectivity index (χ3v) is 4.81. The van der Waals surface area contributed by atoms with Crippen molar-refractivity contribution in [3.05, 3.63) is 65.2 Å². The number of hydrogen-bond donors (Lipinski definition) is 2. The first-order valence-electron chi connectivity index (χ1n) is 8.50. The Balaban J connectivity index is 1.54. The van der Waals surface area contributed by atoms with Crippen molar-refractivity contribution in [2.24, 2.45) is 0 Å². The molecule has 0 saturated carbocycles. The molecule has 1 aromatic heterocycles. The Morgan fingerprint density at radius 1 is 1.25 bits per heavy atom. The molecule has 3 N–H and O–H groups in total. The summed E-state index contributed by atoms with van der Waals surface area (Å²) >= 11 is 1.13. The van der Waals surface area contributed by atoms with Crippen LogP contribution < -0.4 is 15.9 Å². The lowest BCUT2D eigenvalue weighted by Gasteiger charge is -2.09. The second-order valence-electron chi connectivity index (χ2n) is 6.17. The number of rotatable bonds is 7. The molecule has 0 fully saturated rings. The van der Waals surface area contributed by atoms with E-state index in [1.807, 2.05) is 32.0 Å². The Kier molecular flexibility index (Phi) is 6.15. The van der Waals surface area contributed by atoms with Crippen LogP contribution in [0.5, 0.6) is 5.75 Å². The van der Waals surface area contributed by atoms with E-state index in [0.29, 0.717) is 16.7 Å². The zero-order valence-corrected chi connectivity index (χ0v) is 16.3. The molecule has 1 heterocycles. The molecule has 146 valence electrons. The molecule has 0 bridgehead atoms. The smallest absolute Gasteiger partial charge is 0.234 e. The Hall–Kier alpha value is -3.07. The molecule has 0 aliphatic carbocycles. The summed E-state index contributed by atoms with van der Waals surface area (Å²) in [5.74, 6) is 6.53. The molecule has 3 rings (SSSR count). The van der Waals surface area contributed by atoms with Crippen molar-refractivity contribution < 1.29 is 13.9 Å². The second kappa shape index (κ2) is 8.75. The van der Waals surface area contributed by atoms with Crippen LogP contribution in [0.1, 0.15) is 17.0 Å². The highest BCUT2D eigenvalue weighted by Crippen LogP contribution is 2.21. The van der Waals surface area contributed by atoms with E-state index in [9.17, 15) is 9.18 Å². The fraction of sp³-hybridized carbons (Fsp3) is 0.211. The standard InChI is InChI=1S/C19H20FN5O2S/c1-12-6-7-16(13(2)8-12)27-10-17-23-24-19(25(17)21)28-11-18(26)22-15-5-3-4-14(20)9-15/h3-9H,10-11,21H2,1-2H3,(H,22,26). The number of amides is 1. The van der Waals surface area contributed by atoms with Crippen molar-refractivity contribution in [3.8, 4) is 5.75 Å². The molecule has 9 heteroatoms. The van der Waals surface area contributed by atoms with Gasteiger partial charge in [-0.15, -0.1) is 10.2 Å². The van der Waals surface area contributed by atoms with Gasteiger partial charge in [0.05, 0.1) is 5.75 Å². The lowest BCUT2D eigenvalue weighted by Crippen LogP contribution is -2.18. The van der Waals surface area contributed by atoms with E-state index in [2.05, 4.69) is 15.5 Å². The first-order chi connectivity index (χ1) is 13.4. The molecule has 7 nitrogen and oxygen atoms in total. The van der Waals surface area contributed by atoms with Gasteiger partial charge in [-0.3, -0.25) is 4.79 Å². The molecule has 3 aromatic rings. The number of nitrogens with one attached hydrogen (secondary N) is 1. The van der Waals surface area contributed by atoms with E-state index >= 15 is 0 Å². The minimum Gasteiger partial charge on any atom is -0.485 e. The van der Waals surface area contributed by atoms with Crippen LogP contribution in [0.25, 0.3) is 0 Å². The molecule has 0 atom stereocenters. The molecule has 28 heavy (non-hydrogen) atoms. The summed E-state index contributed by atoms with van der Waals surface area (Å²) in [6.45, 7) is 4.14. The number of carbonyl (C=O) groups is 1. The van der Waals surface area contributed by atoms with Crippen molar-refractivity contribution in [1.29, 1.82) is 0 Å². The van der Waals surface area contributed by atoms with E-state index in [1.54, 1.807) is 6.07 Å². The van der Waals surface area contributed by atoms with Crippen molar-refractivity contribution in [2.45, 2.75) is 25.6 Å². The summed E-state index contributed by atoms with van der Waals surface area (Å²) in [5, 5.41) is 11.0. The highest BCUT2D eigenvalue weighted by atomic mass is 32.2. The quantitative estimate of drug-likeness (QED) is 0.467. The lowest BCUT2D eigenvalue weighted by atomic mass is 10.1. The second-order valence-corrected chi connectivity index (χ2v) is 7.12. The number of anilines is 1. The predicted molar refractivity (Wildman–Crippen MR) is 106 cm³/mol. The predicted octanol–water partition coefficient (Wildman–Crippen LogP) is 3.06. The van der Waals surface area contributed by atoms with Gasteiger partial charge in [0.2, 0.25) is 11.1 Å². The lowest BCUT2D eigenvalue weighted by molar-refractivity contribution is -0.113. The zero-order valence-electron chi connectivity index (χ0n) is 15.5. The molecular weight excluding hydrogens is 381 g/mol. The van der Waals surface area contributed by atoms with Gasteiger partial charge in [-0.05, 0) is 43.7 Å². The van der Waals surface area contributed by atoms with Crippen molar-refractivity contribution in [2.75, 3.05) is 16.9 Å². The number of nitrogens with zero attached hydrogens (tertiary/aromatic N) is 3. The number of nitrogens with two attached hydrogens (primary N) is 1. The fourth-order valence-electron chi connectivity index (χ4n) is 2.50. The first kappa shape index (κ1) is 19.7. The van der Waals surface area contributed by atoms with Crippen molar-refractivity contribution >= 4 is 23.4 Å². The fourth-order valence-corrected chi connectivity index (χ4v) is 3.18. The van der Waals surface area contributed by atoms with Gasteiger partial charge in [-0.2, -0.15) is 0 Å². The Labute approximate surface area is 166 Å². The number of ether oxygens (including phenoxy) is 1. The summed E-state index contributed by atoms with van der Waals surface area (Å²) in [5.41, 5.74) is 2.57. The number of thioether (sulfide) groups is 1. The minimum absolute atomic E-state index is 0.0593. The van der Waals surface area contributed by atoms with Crippen LogP contribution in [0.4, 0.5) is 10.1 Å². The van der Waals surface area contributed by atoms with Gasteiger partial charge in [-0.1, -0.05) is 35.5 Å². The van der Waals surface area contributed by atoms with Crippen LogP contribution in [-0.2, 0) is 11.4 Å². The first-order valence-corrected chi connectivity index (χ1v) is 9.48. The highest BCUT2D eigenvalue weighted by Gasteiger charge is 2.13. The maximum Gasteiger partial charge on any atom is 0.234 e. The van der Waals surface area contributed by atoms with Crippen molar-refractivity contribution in [3.63, 3.8) is 0 Å². The summed E-state index contributed by atoms with van der Waals surface area (Å²) in [7, 11) is 0. The molecule has 0 spiro atoms. The van der Waals surface area contributed by atoms with E-state index in [0.717, 1.165) is 28.6 Å². The van der Waals surface area contributed by atoms with Gasteiger partial charge < -0.3 is 15.9 Å². The average Bonchev–Trinajstić information content (AvgIpc) is 2.99. The van der Waals surface area contributed by atoms with E-state index in [-0.39, 0.29) is 18.3 Å². The minimum atomic E-state index is -0.416. The summed E-state index contributed by atoms with van der Waals surface area (Å²) in [6.07, 6.45) is 0. The number of carbonyl (C=O) groups excluding carboxylic acids is 1. The van der Waals surface area contributed by atoms with E-state index in [4.69, 9.17) is 10.6 Å². The van der Waals surface area contributed by atoms with E-state index < -0.39 is 5.82 Å². The molecule has 0 saturated heterocycles. The number of halogens is 1. The van der Waals surface area contributed by atoms with Gasteiger partial charge in [-0.25, -0.2) is 9.07 Å². The number of benzene rings is 2. The van der Waals surface area contributed by atoms with Crippen LogP contribution >= 0.6 is 11.8 Å². The molecule has 0 aliphatic rings. The number of nitrogen functional groups attached to an aromatic ring is 1. The van der Waals surface area contributed by atoms with Crippen LogP contribution in [0.2, 0.25) is 0 Å². The molecular formula is C19H20FN5O2S. The third kappa shape index (κ3) is 5.01. The van der Waals surface area contributed by atoms with Crippen LogP contribution in [0.3, 0.4) is 0 Å². The Morgan fingerprint density at radius 3 is 2.82 bits per heavy atom. The topological polar surface area (TPSA) is 95.1 Å². The average molecular weight is 401 g/mol. The number of aryl methyl sites for hydroxylation is 2. The number of aromatic nitrogens is 3. The number of hydrogen-bond acceptors (Lipinski definition) is 6. The Morgan fingerprint density at radius 2 is 2.07 bits per heavy atom. The molecule has 1 amide bonds. The molecule has 2 aromatic carbocycles. The monoisotopic (exact) mass is 401 g/mol. The maximum absolute atomic E-state index is 13.2. The van der Waals surface area contributed by atoms with Gasteiger partial charge in [0, 0.05) is 5.69 Å². The van der Waals surface area contributed by atoms with Gasteiger partial charge in [0.25, 0.3) is 0 Å². The van der Waals surface area contributed by atoms with Gasteiger partial charge in [0.1, 0.15) is 18.2 Å². The van der Waals surface area contributed by atoms with Crippen LogP contribution in [-0.4, -0.2) is 26.5 Å². The van der Waals surface area contributed by atoms with Gasteiger partial charge >= 0.3 is 0 Å². The maximum atomic E-state index is 13.2. The summed E-state index contributed by atoms with van der Waals surface area (Å²) < 4.78 is 20.2. The zero-order chi connectivity index (χ0) is 20.1. The third-order valence-electron chi connectivity index (χ3n) is 3.86. The van der Waals surface area contributed by atoms with Gasteiger partial charge in [0.15, 0.2) is 5.82 Å².